The highest BCUT2D eigenvalue weighted by Crippen LogP contribution is 2.26. The van der Waals surface area contributed by atoms with Gasteiger partial charge in [-0.2, -0.15) is 0 Å². The van der Waals surface area contributed by atoms with Crippen molar-refractivity contribution >= 4 is 21.9 Å². The van der Waals surface area contributed by atoms with E-state index in [0.717, 1.165) is 10.0 Å². The van der Waals surface area contributed by atoms with Crippen LogP contribution in [-0.4, -0.2) is 19.6 Å². The lowest BCUT2D eigenvalue weighted by Gasteiger charge is -2.15. The van der Waals surface area contributed by atoms with E-state index in [4.69, 9.17) is 5.73 Å². The summed E-state index contributed by atoms with van der Waals surface area (Å²) in [6.07, 6.45) is 0.315. The summed E-state index contributed by atoms with van der Waals surface area (Å²) < 4.78 is 5.61. The number of carbonyl (C=O) groups is 1. The molecule has 0 amide bonds. The number of methoxy groups -OCH3 is 1. The molecular formula is C11H14BrNO2. The maximum Gasteiger partial charge on any atom is 0.306 e. The molecule has 3 nitrogen and oxygen atoms in total. The number of halogens is 1. The van der Waals surface area contributed by atoms with E-state index in [0.29, 0.717) is 13.0 Å². The minimum atomic E-state index is -0.235. The normalized spacial score (nSPS) is 12.2. The van der Waals surface area contributed by atoms with Gasteiger partial charge in [0.1, 0.15) is 0 Å². The van der Waals surface area contributed by atoms with Crippen LogP contribution in [0.4, 0.5) is 0 Å². The highest BCUT2D eigenvalue weighted by atomic mass is 79.9. The third kappa shape index (κ3) is 3.32. The minimum absolute atomic E-state index is 0.00743. The molecule has 15 heavy (non-hydrogen) atoms. The van der Waals surface area contributed by atoms with E-state index in [1.54, 1.807) is 0 Å². The van der Waals surface area contributed by atoms with Crippen molar-refractivity contribution in [2.45, 2.75) is 12.3 Å². The molecule has 0 saturated heterocycles. The second-order valence-electron chi connectivity index (χ2n) is 3.23. The Morgan fingerprint density at radius 2 is 2.20 bits per heavy atom. The molecule has 0 saturated carbocycles. The Morgan fingerprint density at radius 3 is 2.73 bits per heavy atom. The van der Waals surface area contributed by atoms with Crippen molar-refractivity contribution in [2.24, 2.45) is 5.73 Å². The van der Waals surface area contributed by atoms with Gasteiger partial charge in [-0.05, 0) is 18.2 Å². The zero-order valence-corrected chi connectivity index (χ0v) is 10.2. The summed E-state index contributed by atoms with van der Waals surface area (Å²) in [5, 5.41) is 0. The van der Waals surface area contributed by atoms with Crippen molar-refractivity contribution < 1.29 is 9.53 Å². The molecule has 0 bridgehead atoms. The van der Waals surface area contributed by atoms with E-state index in [2.05, 4.69) is 20.7 Å². The van der Waals surface area contributed by atoms with E-state index in [1.807, 2.05) is 24.3 Å². The van der Waals surface area contributed by atoms with Crippen LogP contribution < -0.4 is 5.73 Å². The Balaban J connectivity index is 2.83. The van der Waals surface area contributed by atoms with E-state index in [-0.39, 0.29) is 11.9 Å². The number of carbonyl (C=O) groups excluding carboxylic acids is 1. The Labute approximate surface area is 97.7 Å². The van der Waals surface area contributed by atoms with Crippen molar-refractivity contribution in [1.82, 2.24) is 0 Å². The topological polar surface area (TPSA) is 52.3 Å². The second kappa shape index (κ2) is 5.88. The van der Waals surface area contributed by atoms with Gasteiger partial charge in [0.15, 0.2) is 0 Å². The Hall–Kier alpha value is -0.870. The van der Waals surface area contributed by atoms with E-state index in [1.165, 1.54) is 7.11 Å². The first-order valence-corrected chi connectivity index (χ1v) is 5.49. The molecule has 1 rings (SSSR count). The quantitative estimate of drug-likeness (QED) is 0.853. The monoisotopic (exact) mass is 271 g/mol. The van der Waals surface area contributed by atoms with E-state index < -0.39 is 0 Å². The van der Waals surface area contributed by atoms with Crippen molar-refractivity contribution in [2.75, 3.05) is 13.7 Å². The van der Waals surface area contributed by atoms with Crippen LogP contribution in [-0.2, 0) is 9.53 Å². The lowest BCUT2D eigenvalue weighted by atomic mass is 9.96. The average Bonchev–Trinajstić information content (AvgIpc) is 2.26. The zero-order chi connectivity index (χ0) is 11.3. The Kier molecular flexibility index (Phi) is 4.78. The molecule has 4 heteroatoms. The zero-order valence-electron chi connectivity index (χ0n) is 8.57. The number of esters is 1. The van der Waals surface area contributed by atoms with Crippen LogP contribution in [0.25, 0.3) is 0 Å². The first-order valence-electron chi connectivity index (χ1n) is 4.70. The minimum Gasteiger partial charge on any atom is -0.469 e. The number of benzene rings is 1. The standard InChI is InChI=1S/C11H14BrNO2/c1-15-11(14)6-8(7-13)9-4-2-3-5-10(9)12/h2-5,8H,6-7,13H2,1H3. The second-order valence-corrected chi connectivity index (χ2v) is 4.09. The number of hydrogen-bond donors (Lipinski definition) is 1. The van der Waals surface area contributed by atoms with Gasteiger partial charge < -0.3 is 10.5 Å². The predicted octanol–water partition coefficient (Wildman–Crippen LogP) is 2.05. The number of ether oxygens (including phenoxy) is 1. The van der Waals surface area contributed by atoms with Gasteiger partial charge in [0, 0.05) is 10.4 Å². The van der Waals surface area contributed by atoms with Gasteiger partial charge in [-0.25, -0.2) is 0 Å². The van der Waals surface area contributed by atoms with Crippen molar-refractivity contribution in [3.63, 3.8) is 0 Å². The Morgan fingerprint density at radius 1 is 1.53 bits per heavy atom. The van der Waals surface area contributed by atoms with Crippen LogP contribution in [0, 0.1) is 0 Å². The van der Waals surface area contributed by atoms with E-state index in [9.17, 15) is 4.79 Å². The van der Waals surface area contributed by atoms with Crippen molar-refractivity contribution in [1.29, 1.82) is 0 Å². The Bertz CT molecular complexity index is 341. The molecule has 82 valence electrons. The van der Waals surface area contributed by atoms with Crippen LogP contribution in [0.5, 0.6) is 0 Å². The molecule has 0 aromatic heterocycles. The first-order chi connectivity index (χ1) is 7.19. The van der Waals surface area contributed by atoms with Gasteiger partial charge in [-0.1, -0.05) is 34.1 Å². The summed E-state index contributed by atoms with van der Waals surface area (Å²) in [6, 6.07) is 7.76. The van der Waals surface area contributed by atoms with Gasteiger partial charge in [0.2, 0.25) is 0 Å². The molecule has 1 unspecified atom stereocenters. The number of nitrogens with two attached hydrogens (primary N) is 1. The summed E-state index contributed by atoms with van der Waals surface area (Å²) >= 11 is 3.44. The summed E-state index contributed by atoms with van der Waals surface area (Å²) in [5.41, 5.74) is 6.69. The maximum atomic E-state index is 11.2. The molecule has 1 aromatic carbocycles. The van der Waals surface area contributed by atoms with Crippen LogP contribution in [0.1, 0.15) is 17.9 Å². The molecule has 0 aliphatic rings. The SMILES string of the molecule is COC(=O)CC(CN)c1ccccc1Br. The molecule has 0 aliphatic heterocycles. The van der Waals surface area contributed by atoms with Crippen LogP contribution >= 0.6 is 15.9 Å². The molecule has 2 N–H and O–H groups in total. The van der Waals surface area contributed by atoms with Gasteiger partial charge in [0.05, 0.1) is 13.5 Å². The lowest BCUT2D eigenvalue weighted by Crippen LogP contribution is -2.17. The molecule has 0 fully saturated rings. The molecule has 1 aromatic rings. The summed E-state index contributed by atoms with van der Waals surface area (Å²) in [4.78, 5) is 11.2. The number of rotatable bonds is 4. The maximum absolute atomic E-state index is 11.2. The number of hydrogen-bond acceptors (Lipinski definition) is 3. The van der Waals surface area contributed by atoms with Crippen LogP contribution in [0.3, 0.4) is 0 Å². The smallest absolute Gasteiger partial charge is 0.306 e. The fraction of sp³-hybridized carbons (Fsp3) is 0.364. The molecule has 1 atom stereocenters. The largest absolute Gasteiger partial charge is 0.469 e. The van der Waals surface area contributed by atoms with Gasteiger partial charge >= 0.3 is 5.97 Å². The fourth-order valence-corrected chi connectivity index (χ4v) is 2.02. The van der Waals surface area contributed by atoms with Crippen molar-refractivity contribution in [3.8, 4) is 0 Å². The van der Waals surface area contributed by atoms with Crippen LogP contribution in [0.2, 0.25) is 0 Å². The third-order valence-electron chi connectivity index (χ3n) is 2.27. The summed E-state index contributed by atoms with van der Waals surface area (Å²) in [7, 11) is 1.38. The molecule has 0 aliphatic carbocycles. The third-order valence-corrected chi connectivity index (χ3v) is 2.99. The van der Waals surface area contributed by atoms with E-state index >= 15 is 0 Å². The summed E-state index contributed by atoms with van der Waals surface area (Å²) in [6.45, 7) is 0.428. The highest BCUT2D eigenvalue weighted by Gasteiger charge is 2.16. The van der Waals surface area contributed by atoms with Crippen LogP contribution in [0.15, 0.2) is 28.7 Å². The predicted molar refractivity (Wildman–Crippen MR) is 62.6 cm³/mol. The lowest BCUT2D eigenvalue weighted by molar-refractivity contribution is -0.141. The molecule has 0 heterocycles. The van der Waals surface area contributed by atoms with Gasteiger partial charge in [0.25, 0.3) is 0 Å². The average molecular weight is 272 g/mol. The molecular weight excluding hydrogens is 258 g/mol. The van der Waals surface area contributed by atoms with Gasteiger partial charge in [-0.3, -0.25) is 4.79 Å². The molecule has 0 radical (unpaired) electrons. The first kappa shape index (κ1) is 12.2. The van der Waals surface area contributed by atoms with Crippen molar-refractivity contribution in [3.05, 3.63) is 34.3 Å². The summed E-state index contributed by atoms with van der Waals surface area (Å²) in [5.74, 6) is -0.228. The van der Waals surface area contributed by atoms with Gasteiger partial charge in [-0.15, -0.1) is 0 Å². The fourth-order valence-electron chi connectivity index (χ4n) is 1.41. The molecule has 0 spiro atoms. The highest BCUT2D eigenvalue weighted by molar-refractivity contribution is 9.10.